The Hall–Kier alpha value is -3.40. The molecule has 0 aliphatic rings. The number of amides is 2. The minimum atomic E-state index is -0.414. The molecule has 0 aliphatic heterocycles. The predicted octanol–water partition coefficient (Wildman–Crippen LogP) is 2.52. The van der Waals surface area contributed by atoms with E-state index in [0.717, 1.165) is 0 Å². The number of aromatic nitrogens is 4. The van der Waals surface area contributed by atoms with Crippen molar-refractivity contribution in [1.29, 1.82) is 0 Å². The number of nitrogens with one attached hydrogen (secondary N) is 2. The minimum Gasteiger partial charge on any atom is -0.495 e. The highest BCUT2D eigenvalue weighted by molar-refractivity contribution is 8.00. The summed E-state index contributed by atoms with van der Waals surface area (Å²) in [7, 11) is 3.31. The smallest absolute Gasteiger partial charge is 0.237 e. The fourth-order valence-electron chi connectivity index (χ4n) is 2.58. The second-order valence-corrected chi connectivity index (χ2v) is 7.68. The first-order valence-electron chi connectivity index (χ1n) is 9.16. The third-order valence-electron chi connectivity index (χ3n) is 4.21. The molecule has 0 fully saturated rings. The maximum Gasteiger partial charge on any atom is 0.237 e. The Bertz CT molecular complexity index is 1020. The summed E-state index contributed by atoms with van der Waals surface area (Å²) in [6, 6.07) is 10.7. The summed E-state index contributed by atoms with van der Waals surface area (Å²) < 4.78 is 6.95. The molecule has 2 N–H and O–H groups in total. The molecule has 2 amide bonds. The van der Waals surface area contributed by atoms with Crippen LogP contribution in [0.25, 0.3) is 0 Å². The molecule has 0 saturated heterocycles. The molecule has 0 unspecified atom stereocenters. The molecular formula is C20H22N6O3S. The van der Waals surface area contributed by atoms with Crippen molar-refractivity contribution >= 4 is 35.0 Å². The van der Waals surface area contributed by atoms with Gasteiger partial charge in [-0.15, -0.1) is 10.2 Å². The molecule has 0 bridgehead atoms. The van der Waals surface area contributed by atoms with Crippen molar-refractivity contribution in [2.24, 2.45) is 7.05 Å². The van der Waals surface area contributed by atoms with Crippen molar-refractivity contribution in [3.8, 4) is 5.75 Å². The monoisotopic (exact) mass is 426 g/mol. The molecule has 2 aromatic heterocycles. The molecule has 1 atom stereocenters. The third kappa shape index (κ3) is 5.35. The molecule has 0 aliphatic carbocycles. The van der Waals surface area contributed by atoms with Crippen LogP contribution < -0.4 is 15.4 Å². The average Bonchev–Trinajstić information content (AvgIpc) is 3.08. The number of nitrogens with zero attached hydrogens (tertiary/aromatic N) is 4. The van der Waals surface area contributed by atoms with E-state index in [1.54, 1.807) is 62.3 Å². The van der Waals surface area contributed by atoms with Gasteiger partial charge in [-0.1, -0.05) is 23.9 Å². The largest absolute Gasteiger partial charge is 0.495 e. The normalized spacial score (nSPS) is 11.6. The Balaban J connectivity index is 1.60. The van der Waals surface area contributed by atoms with Crippen molar-refractivity contribution in [3.05, 3.63) is 54.6 Å². The van der Waals surface area contributed by atoms with E-state index in [1.807, 2.05) is 12.1 Å². The first kappa shape index (κ1) is 21.3. The fraction of sp³-hybridized carbons (Fsp3) is 0.250. The van der Waals surface area contributed by atoms with Gasteiger partial charge in [-0.25, -0.2) is 0 Å². The highest BCUT2D eigenvalue weighted by Gasteiger charge is 2.20. The van der Waals surface area contributed by atoms with Gasteiger partial charge in [0.2, 0.25) is 11.8 Å². The number of rotatable bonds is 8. The minimum absolute atomic E-state index is 0.0401. The SMILES string of the molecule is COc1ccccc1NC(=O)Cc1nnc(S[C@H](C)C(=O)Nc2cccnc2)n1C. The zero-order valence-electron chi connectivity index (χ0n) is 16.8. The lowest BCUT2D eigenvalue weighted by atomic mass is 10.2. The number of hydrogen-bond acceptors (Lipinski definition) is 7. The zero-order valence-corrected chi connectivity index (χ0v) is 17.6. The predicted molar refractivity (Wildman–Crippen MR) is 115 cm³/mol. The number of anilines is 2. The average molecular weight is 427 g/mol. The van der Waals surface area contributed by atoms with Gasteiger partial charge in [0.05, 0.1) is 36.4 Å². The molecule has 0 saturated carbocycles. The van der Waals surface area contributed by atoms with Crippen molar-refractivity contribution in [2.45, 2.75) is 23.8 Å². The van der Waals surface area contributed by atoms with Gasteiger partial charge in [-0.05, 0) is 31.2 Å². The molecule has 30 heavy (non-hydrogen) atoms. The Kier molecular flexibility index (Phi) is 7.02. The first-order chi connectivity index (χ1) is 14.5. The van der Waals surface area contributed by atoms with Crippen molar-refractivity contribution < 1.29 is 14.3 Å². The molecule has 0 spiro atoms. The Morgan fingerprint density at radius 1 is 1.17 bits per heavy atom. The van der Waals surface area contributed by atoms with Gasteiger partial charge >= 0.3 is 0 Å². The van der Waals surface area contributed by atoms with Gasteiger partial charge in [0.15, 0.2) is 5.16 Å². The van der Waals surface area contributed by atoms with Crippen LogP contribution in [0.1, 0.15) is 12.7 Å². The lowest BCUT2D eigenvalue weighted by molar-refractivity contribution is -0.116. The van der Waals surface area contributed by atoms with Gasteiger partial charge in [0, 0.05) is 13.2 Å². The standard InChI is InChI=1S/C20H22N6O3S/c1-13(19(28)22-14-7-6-10-21-12-14)30-20-25-24-17(26(20)2)11-18(27)23-15-8-4-5-9-16(15)29-3/h4-10,12-13H,11H2,1-3H3,(H,22,28)(H,23,27)/t13-/m1/s1. The van der Waals surface area contributed by atoms with Crippen LogP contribution in [0.4, 0.5) is 11.4 Å². The lowest BCUT2D eigenvalue weighted by Gasteiger charge is -2.12. The van der Waals surface area contributed by atoms with E-state index < -0.39 is 5.25 Å². The number of hydrogen-bond donors (Lipinski definition) is 2. The van der Waals surface area contributed by atoms with Gasteiger partial charge in [0.1, 0.15) is 11.6 Å². The number of methoxy groups -OCH3 is 1. The van der Waals surface area contributed by atoms with Gasteiger partial charge < -0.3 is 19.9 Å². The molecule has 0 radical (unpaired) electrons. The summed E-state index contributed by atoms with van der Waals surface area (Å²) in [5.74, 6) is 0.652. The molecule has 3 aromatic rings. The number of para-hydroxylation sites is 2. The zero-order chi connectivity index (χ0) is 21.5. The molecule has 10 heteroatoms. The maximum atomic E-state index is 12.4. The Morgan fingerprint density at radius 2 is 1.97 bits per heavy atom. The van der Waals surface area contributed by atoms with Crippen molar-refractivity contribution in [2.75, 3.05) is 17.7 Å². The molecular weight excluding hydrogens is 404 g/mol. The molecule has 156 valence electrons. The summed E-state index contributed by atoms with van der Waals surface area (Å²) in [5, 5.41) is 14.0. The number of ether oxygens (including phenoxy) is 1. The van der Waals surface area contributed by atoms with Crippen molar-refractivity contribution in [3.63, 3.8) is 0 Å². The summed E-state index contributed by atoms with van der Waals surface area (Å²) in [5.41, 5.74) is 1.21. The van der Waals surface area contributed by atoms with Gasteiger partial charge in [-0.3, -0.25) is 14.6 Å². The van der Waals surface area contributed by atoms with E-state index in [9.17, 15) is 9.59 Å². The Morgan fingerprint density at radius 3 is 2.70 bits per heavy atom. The Labute approximate surface area is 178 Å². The number of benzene rings is 1. The summed E-state index contributed by atoms with van der Waals surface area (Å²) >= 11 is 1.26. The van der Waals surface area contributed by atoms with E-state index in [4.69, 9.17) is 4.74 Å². The number of pyridine rings is 1. The third-order valence-corrected chi connectivity index (χ3v) is 5.34. The van der Waals surface area contributed by atoms with E-state index in [-0.39, 0.29) is 18.2 Å². The highest BCUT2D eigenvalue weighted by Crippen LogP contribution is 2.24. The molecule has 3 rings (SSSR count). The van der Waals surface area contributed by atoms with Crippen LogP contribution >= 0.6 is 11.8 Å². The van der Waals surface area contributed by atoms with Crippen molar-refractivity contribution in [1.82, 2.24) is 19.7 Å². The molecule has 9 nitrogen and oxygen atoms in total. The number of carbonyl (C=O) groups is 2. The topological polar surface area (TPSA) is 111 Å². The summed E-state index contributed by atoms with van der Waals surface area (Å²) in [6.45, 7) is 1.78. The van der Waals surface area contributed by atoms with Gasteiger partial charge in [0.25, 0.3) is 0 Å². The fourth-order valence-corrected chi connectivity index (χ4v) is 3.41. The highest BCUT2D eigenvalue weighted by atomic mass is 32.2. The second-order valence-electron chi connectivity index (χ2n) is 6.37. The van der Waals surface area contributed by atoms with Crippen LogP contribution in [0.15, 0.2) is 53.9 Å². The first-order valence-corrected chi connectivity index (χ1v) is 10.0. The summed E-state index contributed by atoms with van der Waals surface area (Å²) in [6.07, 6.45) is 3.26. The summed E-state index contributed by atoms with van der Waals surface area (Å²) in [4.78, 5) is 28.8. The molecule has 1 aromatic carbocycles. The van der Waals surface area contributed by atoms with Crippen LogP contribution in [0.3, 0.4) is 0 Å². The second kappa shape index (κ2) is 9.88. The van der Waals surface area contributed by atoms with Crippen LogP contribution in [-0.4, -0.2) is 43.9 Å². The van der Waals surface area contributed by atoms with Crippen LogP contribution in [0, 0.1) is 0 Å². The quantitative estimate of drug-likeness (QED) is 0.533. The number of carbonyl (C=O) groups excluding carboxylic acids is 2. The van der Waals surface area contributed by atoms with E-state index in [1.165, 1.54) is 11.8 Å². The van der Waals surface area contributed by atoms with Crippen LogP contribution in [-0.2, 0) is 23.1 Å². The van der Waals surface area contributed by atoms with Crippen LogP contribution in [0.5, 0.6) is 5.75 Å². The van der Waals surface area contributed by atoms with E-state index in [2.05, 4.69) is 25.8 Å². The lowest BCUT2D eigenvalue weighted by Crippen LogP contribution is -2.23. The van der Waals surface area contributed by atoms with Crippen LogP contribution in [0.2, 0.25) is 0 Å². The van der Waals surface area contributed by atoms with E-state index in [0.29, 0.717) is 28.1 Å². The van der Waals surface area contributed by atoms with Gasteiger partial charge in [-0.2, -0.15) is 0 Å². The molecule has 2 heterocycles. The van der Waals surface area contributed by atoms with E-state index >= 15 is 0 Å². The maximum absolute atomic E-state index is 12.4. The number of thioether (sulfide) groups is 1.